The highest BCUT2D eigenvalue weighted by Crippen LogP contribution is 2.36. The summed E-state index contributed by atoms with van der Waals surface area (Å²) in [7, 11) is -3.43. The average Bonchev–Trinajstić information content (AvgIpc) is 2.47. The molecule has 0 saturated carbocycles. The molecule has 0 aliphatic carbocycles. The predicted molar refractivity (Wildman–Crippen MR) is 90.1 cm³/mol. The van der Waals surface area contributed by atoms with Crippen LogP contribution >= 0.6 is 27.5 Å². The van der Waals surface area contributed by atoms with Gasteiger partial charge in [0.25, 0.3) is 0 Å². The lowest BCUT2D eigenvalue weighted by Crippen LogP contribution is -2.41. The van der Waals surface area contributed by atoms with Crippen molar-refractivity contribution in [1.29, 1.82) is 0 Å². The van der Waals surface area contributed by atoms with Crippen LogP contribution in [-0.4, -0.2) is 25.8 Å². The molecule has 118 valence electrons. The lowest BCUT2D eigenvalue weighted by molar-refractivity contribution is 0.169. The molecule has 0 aromatic heterocycles. The molecule has 1 aliphatic heterocycles. The third-order valence-electron chi connectivity index (χ3n) is 4.55. The molecule has 0 N–H and O–H groups in total. The van der Waals surface area contributed by atoms with Crippen molar-refractivity contribution < 1.29 is 8.42 Å². The minimum absolute atomic E-state index is 0.270. The molecule has 1 aromatic rings. The van der Waals surface area contributed by atoms with E-state index in [1.165, 1.54) is 0 Å². The van der Waals surface area contributed by atoms with E-state index >= 15 is 0 Å². The van der Waals surface area contributed by atoms with E-state index in [1.807, 2.05) is 0 Å². The first-order valence-electron chi connectivity index (χ1n) is 7.17. The maximum absolute atomic E-state index is 12.8. The first-order chi connectivity index (χ1) is 9.82. The fraction of sp³-hybridized carbons (Fsp3) is 0.600. The summed E-state index contributed by atoms with van der Waals surface area (Å²) in [6, 6.07) is 5.19. The summed E-state index contributed by atoms with van der Waals surface area (Å²) >= 11 is 9.14. The van der Waals surface area contributed by atoms with Crippen molar-refractivity contribution >= 4 is 37.6 Å². The summed E-state index contributed by atoms with van der Waals surface area (Å²) in [6.07, 6.45) is 2.93. The van der Waals surface area contributed by atoms with Gasteiger partial charge >= 0.3 is 0 Å². The minimum Gasteiger partial charge on any atom is -0.207 e. The van der Waals surface area contributed by atoms with Crippen LogP contribution in [0.2, 0.25) is 0 Å². The second-order valence-corrected chi connectivity index (χ2v) is 8.99. The second-order valence-electron chi connectivity index (χ2n) is 5.97. The number of alkyl halides is 1. The molecule has 6 heteroatoms. The van der Waals surface area contributed by atoms with Crippen molar-refractivity contribution in [2.24, 2.45) is 5.41 Å². The van der Waals surface area contributed by atoms with Gasteiger partial charge in [-0.25, -0.2) is 8.42 Å². The van der Waals surface area contributed by atoms with E-state index in [0.29, 0.717) is 28.3 Å². The van der Waals surface area contributed by atoms with E-state index in [2.05, 4.69) is 29.8 Å². The average molecular weight is 395 g/mol. The Morgan fingerprint density at radius 3 is 2.43 bits per heavy atom. The molecule has 3 nitrogen and oxygen atoms in total. The van der Waals surface area contributed by atoms with Crippen LogP contribution in [0.5, 0.6) is 0 Å². The Hall–Kier alpha value is -0.100. The monoisotopic (exact) mass is 393 g/mol. The fourth-order valence-electron chi connectivity index (χ4n) is 2.60. The maximum atomic E-state index is 12.8. The molecule has 1 saturated heterocycles. The largest absolute Gasteiger partial charge is 0.244 e. The fourth-order valence-corrected chi connectivity index (χ4v) is 5.29. The van der Waals surface area contributed by atoms with Gasteiger partial charge in [0.15, 0.2) is 0 Å². The standard InChI is InChI=1S/C15H21BrClNO2S/c1-3-15(2)6-8-18(9-7-15)21(19,20)14-5-4-12(11-17)10-13(14)16/h4-5,10H,3,6-9,11H2,1-2H3. The van der Waals surface area contributed by atoms with Gasteiger partial charge in [0.2, 0.25) is 10.0 Å². The van der Waals surface area contributed by atoms with Crippen molar-refractivity contribution in [3.05, 3.63) is 28.2 Å². The van der Waals surface area contributed by atoms with Crippen LogP contribution in [0.15, 0.2) is 27.6 Å². The quantitative estimate of drug-likeness (QED) is 0.710. The summed E-state index contributed by atoms with van der Waals surface area (Å²) in [5.74, 6) is 0.373. The van der Waals surface area contributed by atoms with E-state index in [1.54, 1.807) is 22.5 Å². The first-order valence-corrected chi connectivity index (χ1v) is 9.94. The van der Waals surface area contributed by atoms with Crippen LogP contribution in [0.1, 0.15) is 38.7 Å². The molecular weight excluding hydrogens is 374 g/mol. The Morgan fingerprint density at radius 1 is 1.33 bits per heavy atom. The van der Waals surface area contributed by atoms with Crippen molar-refractivity contribution in [2.75, 3.05) is 13.1 Å². The Labute approximate surface area is 140 Å². The SMILES string of the molecule is CCC1(C)CCN(S(=O)(=O)c2ccc(CCl)cc2Br)CC1. The molecule has 1 heterocycles. The molecule has 1 fully saturated rings. The van der Waals surface area contributed by atoms with Gasteiger partial charge in [0.1, 0.15) is 0 Å². The highest BCUT2D eigenvalue weighted by atomic mass is 79.9. The van der Waals surface area contributed by atoms with Gasteiger partial charge in [0, 0.05) is 23.4 Å². The van der Waals surface area contributed by atoms with Crippen molar-refractivity contribution in [2.45, 2.75) is 43.9 Å². The van der Waals surface area contributed by atoms with Crippen LogP contribution in [0.4, 0.5) is 0 Å². The maximum Gasteiger partial charge on any atom is 0.244 e. The molecule has 0 radical (unpaired) electrons. The Kier molecular flexibility index (Phi) is 5.40. The highest BCUT2D eigenvalue weighted by Gasteiger charge is 2.35. The number of halogens is 2. The van der Waals surface area contributed by atoms with E-state index in [-0.39, 0.29) is 5.41 Å². The van der Waals surface area contributed by atoms with Crippen molar-refractivity contribution in [1.82, 2.24) is 4.31 Å². The van der Waals surface area contributed by atoms with Gasteiger partial charge in [-0.15, -0.1) is 11.6 Å². The zero-order valence-corrected chi connectivity index (χ0v) is 15.6. The number of nitrogens with zero attached hydrogens (tertiary/aromatic N) is 1. The summed E-state index contributed by atoms with van der Waals surface area (Å²) in [4.78, 5) is 0.330. The van der Waals surface area contributed by atoms with Gasteiger partial charge in [-0.05, 0) is 51.9 Å². The Balaban J connectivity index is 2.23. The van der Waals surface area contributed by atoms with Crippen LogP contribution in [0.25, 0.3) is 0 Å². The van der Waals surface area contributed by atoms with Crippen molar-refractivity contribution in [3.8, 4) is 0 Å². The summed E-state index contributed by atoms with van der Waals surface area (Å²) in [5, 5.41) is 0. The van der Waals surface area contributed by atoms with Gasteiger partial charge in [-0.1, -0.05) is 26.3 Å². The highest BCUT2D eigenvalue weighted by molar-refractivity contribution is 9.10. The third-order valence-corrected chi connectivity index (χ3v) is 7.74. The van der Waals surface area contributed by atoms with Crippen LogP contribution in [0.3, 0.4) is 0 Å². The summed E-state index contributed by atoms with van der Waals surface area (Å²) in [6.45, 7) is 5.60. The topological polar surface area (TPSA) is 37.4 Å². The summed E-state index contributed by atoms with van der Waals surface area (Å²) in [5.41, 5.74) is 1.17. The number of piperidine rings is 1. The van der Waals surface area contributed by atoms with Crippen LogP contribution in [-0.2, 0) is 15.9 Å². The van der Waals surface area contributed by atoms with E-state index in [4.69, 9.17) is 11.6 Å². The number of hydrogen-bond acceptors (Lipinski definition) is 2. The van der Waals surface area contributed by atoms with E-state index < -0.39 is 10.0 Å². The van der Waals surface area contributed by atoms with E-state index in [9.17, 15) is 8.42 Å². The van der Waals surface area contributed by atoms with Crippen LogP contribution in [0, 0.1) is 5.41 Å². The summed E-state index contributed by atoms with van der Waals surface area (Å²) < 4.78 is 27.7. The molecule has 0 bridgehead atoms. The molecule has 0 unspecified atom stereocenters. The normalized spacial score (nSPS) is 19.6. The molecular formula is C15H21BrClNO2S. The molecule has 1 aliphatic rings. The molecule has 0 spiro atoms. The third kappa shape index (κ3) is 3.63. The van der Waals surface area contributed by atoms with Gasteiger partial charge in [-0.3, -0.25) is 0 Å². The van der Waals surface area contributed by atoms with Gasteiger partial charge in [-0.2, -0.15) is 4.31 Å². The van der Waals surface area contributed by atoms with E-state index in [0.717, 1.165) is 24.8 Å². The lowest BCUT2D eigenvalue weighted by atomic mass is 9.79. The molecule has 21 heavy (non-hydrogen) atoms. The zero-order chi connectivity index (χ0) is 15.7. The second kappa shape index (κ2) is 6.57. The number of benzene rings is 1. The molecule has 1 aromatic carbocycles. The zero-order valence-electron chi connectivity index (χ0n) is 12.4. The number of hydrogen-bond donors (Lipinski definition) is 0. The van der Waals surface area contributed by atoms with Crippen molar-refractivity contribution in [3.63, 3.8) is 0 Å². The Morgan fingerprint density at radius 2 is 1.95 bits per heavy atom. The molecule has 2 rings (SSSR count). The van der Waals surface area contributed by atoms with Crippen LogP contribution < -0.4 is 0 Å². The molecule has 0 atom stereocenters. The Bertz CT molecular complexity index is 610. The number of sulfonamides is 1. The first kappa shape index (κ1) is 17.3. The minimum atomic E-state index is -3.43. The number of rotatable bonds is 4. The smallest absolute Gasteiger partial charge is 0.207 e. The van der Waals surface area contributed by atoms with Gasteiger partial charge in [0.05, 0.1) is 4.90 Å². The predicted octanol–water partition coefficient (Wildman–Crippen LogP) is 4.39. The van der Waals surface area contributed by atoms with Gasteiger partial charge < -0.3 is 0 Å². The lowest BCUT2D eigenvalue weighted by Gasteiger charge is -2.38. The molecule has 0 amide bonds.